The van der Waals surface area contributed by atoms with E-state index >= 15 is 0 Å². The van der Waals surface area contributed by atoms with Gasteiger partial charge in [0.2, 0.25) is 5.91 Å². The minimum atomic E-state index is -0.843. The zero-order valence-corrected chi connectivity index (χ0v) is 17.9. The van der Waals surface area contributed by atoms with Crippen LogP contribution < -0.4 is 5.32 Å². The summed E-state index contributed by atoms with van der Waals surface area (Å²) in [6.45, 7) is 9.27. The summed E-state index contributed by atoms with van der Waals surface area (Å²) in [5.41, 5.74) is 0.780. The second-order valence-electron chi connectivity index (χ2n) is 8.47. The molecule has 1 atom stereocenters. The summed E-state index contributed by atoms with van der Waals surface area (Å²) in [6, 6.07) is 6.53. The normalized spacial score (nSPS) is 12.7. The van der Waals surface area contributed by atoms with Gasteiger partial charge in [-0.25, -0.2) is 9.59 Å². The molecule has 1 N–H and O–H groups in total. The van der Waals surface area contributed by atoms with E-state index in [-0.39, 0.29) is 18.2 Å². The van der Waals surface area contributed by atoms with Crippen molar-refractivity contribution in [2.24, 2.45) is 5.92 Å². The molecule has 1 heterocycles. The van der Waals surface area contributed by atoms with Crippen LogP contribution in [0.15, 0.2) is 30.5 Å². The van der Waals surface area contributed by atoms with Crippen molar-refractivity contribution < 1.29 is 23.9 Å². The van der Waals surface area contributed by atoms with Gasteiger partial charge in [0.25, 0.3) is 0 Å². The van der Waals surface area contributed by atoms with Gasteiger partial charge in [0.15, 0.2) is 0 Å². The standard InChI is InChI=1S/C22H30N2O5/c1-14(2)11-19(25)23-17(20(26)28-6)12-15-13-24(21(27)29-22(3,4)5)18-10-8-7-9-16(15)18/h7-10,13-14,17H,11-12H2,1-6H3,(H,23,25)/t17-/m1/s1. The van der Waals surface area contributed by atoms with Crippen LogP contribution in [0.4, 0.5) is 4.79 Å². The molecule has 7 nitrogen and oxygen atoms in total. The Hall–Kier alpha value is -2.83. The van der Waals surface area contributed by atoms with Crippen molar-refractivity contribution in [1.82, 2.24) is 9.88 Å². The summed E-state index contributed by atoms with van der Waals surface area (Å²) in [5, 5.41) is 3.56. The Morgan fingerprint density at radius 2 is 1.79 bits per heavy atom. The molecule has 1 aromatic heterocycles. The molecule has 0 radical (unpaired) electrons. The van der Waals surface area contributed by atoms with Crippen LogP contribution >= 0.6 is 0 Å². The number of amides is 1. The maximum absolute atomic E-state index is 12.6. The van der Waals surface area contributed by atoms with Crippen LogP contribution in [0.2, 0.25) is 0 Å². The number of hydrogen-bond donors (Lipinski definition) is 1. The second-order valence-corrected chi connectivity index (χ2v) is 8.47. The van der Waals surface area contributed by atoms with Gasteiger partial charge in [-0.2, -0.15) is 0 Å². The summed E-state index contributed by atoms with van der Waals surface area (Å²) in [5.74, 6) is -0.579. The highest BCUT2D eigenvalue weighted by molar-refractivity contribution is 5.93. The van der Waals surface area contributed by atoms with Gasteiger partial charge >= 0.3 is 12.1 Å². The Labute approximate surface area is 171 Å². The van der Waals surface area contributed by atoms with Crippen LogP contribution in [-0.4, -0.2) is 41.3 Å². The quantitative estimate of drug-likeness (QED) is 0.745. The highest BCUT2D eigenvalue weighted by Crippen LogP contribution is 2.24. The van der Waals surface area contributed by atoms with Crippen LogP contribution in [0, 0.1) is 5.92 Å². The number of para-hydroxylation sites is 1. The number of ether oxygens (including phenoxy) is 2. The molecule has 0 spiro atoms. The number of carbonyl (C=O) groups is 3. The summed E-state index contributed by atoms with van der Waals surface area (Å²) in [7, 11) is 1.29. The third-order valence-corrected chi connectivity index (χ3v) is 4.22. The van der Waals surface area contributed by atoms with Gasteiger partial charge in [0.1, 0.15) is 11.6 Å². The van der Waals surface area contributed by atoms with Gasteiger partial charge in [-0.15, -0.1) is 0 Å². The van der Waals surface area contributed by atoms with Crippen molar-refractivity contribution in [3.8, 4) is 0 Å². The number of rotatable bonds is 6. The predicted octanol–water partition coefficient (Wildman–Crippen LogP) is 3.67. The van der Waals surface area contributed by atoms with Gasteiger partial charge in [-0.3, -0.25) is 9.36 Å². The Kier molecular flexibility index (Phi) is 7.06. The van der Waals surface area contributed by atoms with Crippen LogP contribution in [0.1, 0.15) is 46.6 Å². The first-order valence-electron chi connectivity index (χ1n) is 9.71. The highest BCUT2D eigenvalue weighted by Gasteiger charge is 2.26. The van der Waals surface area contributed by atoms with E-state index in [1.54, 1.807) is 27.0 Å². The smallest absolute Gasteiger partial charge is 0.419 e. The molecule has 1 amide bonds. The van der Waals surface area contributed by atoms with Gasteiger partial charge < -0.3 is 14.8 Å². The maximum atomic E-state index is 12.6. The van der Waals surface area contributed by atoms with Crippen LogP contribution in [0.5, 0.6) is 0 Å². The fraction of sp³-hybridized carbons (Fsp3) is 0.500. The molecule has 29 heavy (non-hydrogen) atoms. The molecule has 2 aromatic rings. The van der Waals surface area contributed by atoms with Crippen LogP contribution in [-0.2, 0) is 25.5 Å². The van der Waals surface area contributed by atoms with E-state index in [0.29, 0.717) is 11.9 Å². The number of fused-ring (bicyclic) bond motifs is 1. The molecule has 0 aliphatic rings. The molecule has 1 aromatic carbocycles. The molecule has 0 saturated heterocycles. The highest BCUT2D eigenvalue weighted by atomic mass is 16.6. The van der Waals surface area contributed by atoms with Crippen LogP contribution in [0.3, 0.4) is 0 Å². The average Bonchev–Trinajstić information content (AvgIpc) is 2.97. The third kappa shape index (κ3) is 6.07. The minimum Gasteiger partial charge on any atom is -0.467 e. The molecule has 158 valence electrons. The number of nitrogens with one attached hydrogen (secondary N) is 1. The van der Waals surface area contributed by atoms with Gasteiger partial charge in [-0.1, -0.05) is 32.0 Å². The Morgan fingerprint density at radius 1 is 1.14 bits per heavy atom. The average molecular weight is 402 g/mol. The Morgan fingerprint density at radius 3 is 2.38 bits per heavy atom. The second kappa shape index (κ2) is 9.11. The van der Waals surface area contributed by atoms with Crippen LogP contribution in [0.25, 0.3) is 10.9 Å². The summed E-state index contributed by atoms with van der Waals surface area (Å²) < 4.78 is 11.8. The molecule has 0 fully saturated rings. The molecular formula is C22H30N2O5. The number of methoxy groups -OCH3 is 1. The van der Waals surface area contributed by atoms with Gasteiger partial charge in [0, 0.05) is 24.4 Å². The molecule has 0 unspecified atom stereocenters. The van der Waals surface area contributed by atoms with Crippen molar-refractivity contribution in [1.29, 1.82) is 0 Å². The first-order chi connectivity index (χ1) is 13.5. The lowest BCUT2D eigenvalue weighted by Gasteiger charge is -2.19. The fourth-order valence-corrected chi connectivity index (χ4v) is 3.05. The SMILES string of the molecule is COC(=O)[C@@H](Cc1cn(C(=O)OC(C)(C)C)c2ccccc12)NC(=O)CC(C)C. The van der Waals surface area contributed by atoms with Crippen molar-refractivity contribution in [3.63, 3.8) is 0 Å². The largest absolute Gasteiger partial charge is 0.467 e. The number of aromatic nitrogens is 1. The van der Waals surface area contributed by atoms with E-state index in [9.17, 15) is 14.4 Å². The lowest BCUT2D eigenvalue weighted by molar-refractivity contribution is -0.145. The topological polar surface area (TPSA) is 86.6 Å². The molecule has 0 bridgehead atoms. The monoisotopic (exact) mass is 402 g/mol. The third-order valence-electron chi connectivity index (χ3n) is 4.22. The molecule has 0 saturated carbocycles. The van der Waals surface area contributed by atoms with Crippen molar-refractivity contribution in [2.75, 3.05) is 7.11 Å². The Balaban J connectivity index is 2.37. The summed E-state index contributed by atoms with van der Waals surface area (Å²) in [6.07, 6.45) is 1.67. The zero-order valence-electron chi connectivity index (χ0n) is 17.9. The number of esters is 1. The van der Waals surface area contributed by atoms with E-state index in [2.05, 4.69) is 5.32 Å². The molecule has 7 heteroatoms. The molecule has 2 rings (SSSR count). The molecule has 0 aliphatic heterocycles. The number of nitrogens with zero attached hydrogens (tertiary/aromatic N) is 1. The minimum absolute atomic E-state index is 0.169. The van der Waals surface area contributed by atoms with E-state index in [1.807, 2.05) is 38.1 Å². The summed E-state index contributed by atoms with van der Waals surface area (Å²) in [4.78, 5) is 37.1. The predicted molar refractivity (Wildman–Crippen MR) is 111 cm³/mol. The van der Waals surface area contributed by atoms with E-state index in [0.717, 1.165) is 10.9 Å². The van der Waals surface area contributed by atoms with E-state index < -0.39 is 23.7 Å². The maximum Gasteiger partial charge on any atom is 0.419 e. The van der Waals surface area contributed by atoms with Crippen molar-refractivity contribution >= 4 is 28.9 Å². The van der Waals surface area contributed by atoms with Gasteiger partial charge in [-0.05, 0) is 38.3 Å². The van der Waals surface area contributed by atoms with E-state index in [1.165, 1.54) is 11.7 Å². The summed E-state index contributed by atoms with van der Waals surface area (Å²) >= 11 is 0. The number of carbonyl (C=O) groups excluding carboxylic acids is 3. The lowest BCUT2D eigenvalue weighted by atomic mass is 10.0. The Bertz CT molecular complexity index is 892. The van der Waals surface area contributed by atoms with Crippen molar-refractivity contribution in [3.05, 3.63) is 36.0 Å². The number of hydrogen-bond acceptors (Lipinski definition) is 5. The van der Waals surface area contributed by atoms with Gasteiger partial charge in [0.05, 0.1) is 12.6 Å². The number of benzene rings is 1. The zero-order chi connectivity index (χ0) is 21.8. The first kappa shape index (κ1) is 22.5. The lowest BCUT2D eigenvalue weighted by Crippen LogP contribution is -2.43. The fourth-order valence-electron chi connectivity index (χ4n) is 3.05. The van der Waals surface area contributed by atoms with Crippen molar-refractivity contribution in [2.45, 2.75) is 59.1 Å². The molecular weight excluding hydrogens is 372 g/mol. The van der Waals surface area contributed by atoms with E-state index in [4.69, 9.17) is 9.47 Å². The first-order valence-corrected chi connectivity index (χ1v) is 9.71. The molecule has 0 aliphatic carbocycles.